The van der Waals surface area contributed by atoms with Crippen LogP contribution in [0.15, 0.2) is 45.5 Å². The molecule has 4 rings (SSSR count). The van der Waals surface area contributed by atoms with Gasteiger partial charge in [-0.3, -0.25) is 14.9 Å². The first-order chi connectivity index (χ1) is 13.5. The minimum absolute atomic E-state index is 0.00755. The van der Waals surface area contributed by atoms with Crippen LogP contribution in [0, 0.1) is 5.82 Å². The summed E-state index contributed by atoms with van der Waals surface area (Å²) in [5, 5.41) is 3.32. The van der Waals surface area contributed by atoms with Crippen molar-refractivity contribution in [3.05, 3.63) is 58.2 Å². The van der Waals surface area contributed by atoms with Crippen molar-refractivity contribution in [3.8, 4) is 0 Å². The van der Waals surface area contributed by atoms with Crippen molar-refractivity contribution in [1.29, 1.82) is 0 Å². The van der Waals surface area contributed by atoms with E-state index in [1.54, 1.807) is 21.9 Å². The van der Waals surface area contributed by atoms with Crippen LogP contribution in [0.3, 0.4) is 0 Å². The third kappa shape index (κ3) is 3.98. The summed E-state index contributed by atoms with van der Waals surface area (Å²) in [7, 11) is 0. The molecule has 2 heterocycles. The molecule has 0 atom stereocenters. The second kappa shape index (κ2) is 7.67. The zero-order valence-corrected chi connectivity index (χ0v) is 16.9. The van der Waals surface area contributed by atoms with Crippen LogP contribution in [0.4, 0.5) is 4.39 Å². The lowest BCUT2D eigenvalue weighted by Crippen LogP contribution is -2.52. The Kier molecular flexibility index (Phi) is 5.25. The number of nitrogens with zero attached hydrogens (tertiary/aromatic N) is 2. The maximum absolute atomic E-state index is 13.7. The van der Waals surface area contributed by atoms with Crippen LogP contribution in [0.5, 0.6) is 0 Å². The average Bonchev–Trinajstić information content (AvgIpc) is 3.28. The van der Waals surface area contributed by atoms with E-state index in [0.29, 0.717) is 36.4 Å². The fourth-order valence-corrected chi connectivity index (χ4v) is 4.06. The van der Waals surface area contributed by atoms with Gasteiger partial charge in [-0.15, -0.1) is 0 Å². The highest BCUT2D eigenvalue weighted by molar-refractivity contribution is 9.10. The molecule has 2 amide bonds. The van der Waals surface area contributed by atoms with Crippen LogP contribution < -0.4 is 5.32 Å². The lowest BCUT2D eigenvalue weighted by molar-refractivity contribution is -0.131. The summed E-state index contributed by atoms with van der Waals surface area (Å²) in [6.45, 7) is 2.14. The summed E-state index contributed by atoms with van der Waals surface area (Å²) in [5.74, 6) is -0.129. The Bertz CT molecular complexity index is 855. The molecule has 1 aliphatic heterocycles. The van der Waals surface area contributed by atoms with Crippen molar-refractivity contribution < 1.29 is 18.4 Å². The monoisotopic (exact) mass is 449 g/mol. The number of furan rings is 1. The minimum atomic E-state index is -0.322. The molecular formula is C20H21BrFN3O3. The normalized spacial score (nSPS) is 18.2. The summed E-state index contributed by atoms with van der Waals surface area (Å²) in [4.78, 5) is 28.4. The highest BCUT2D eigenvalue weighted by Crippen LogP contribution is 2.46. The van der Waals surface area contributed by atoms with E-state index in [-0.39, 0.29) is 29.7 Å². The fraction of sp³-hybridized carbons (Fsp3) is 0.400. The molecule has 1 saturated carbocycles. The molecule has 8 heteroatoms. The van der Waals surface area contributed by atoms with Gasteiger partial charge in [0.05, 0.1) is 12.8 Å². The van der Waals surface area contributed by atoms with Crippen LogP contribution in [0.25, 0.3) is 0 Å². The number of halogens is 2. The first kappa shape index (κ1) is 19.1. The number of carbonyl (C=O) groups excluding carboxylic acids is 2. The number of nitrogens with one attached hydrogen (secondary N) is 1. The Morgan fingerprint density at radius 1 is 1.14 bits per heavy atom. The van der Waals surface area contributed by atoms with Gasteiger partial charge in [0, 0.05) is 36.2 Å². The number of piperazine rings is 1. The largest absolute Gasteiger partial charge is 0.459 e. The molecule has 2 aromatic rings. The van der Waals surface area contributed by atoms with Gasteiger partial charge < -0.3 is 14.2 Å². The van der Waals surface area contributed by atoms with Crippen LogP contribution in [-0.2, 0) is 10.3 Å². The zero-order valence-electron chi connectivity index (χ0n) is 15.3. The highest BCUT2D eigenvalue weighted by atomic mass is 79.9. The van der Waals surface area contributed by atoms with Crippen molar-refractivity contribution in [2.24, 2.45) is 0 Å². The highest BCUT2D eigenvalue weighted by Gasteiger charge is 2.44. The standard InChI is InChI=1S/C20H21BrFN3O3/c21-15-10-14(11-16(22)12-15)20(3-4-20)23-13-18(26)24-5-7-25(8-6-24)19(27)17-2-1-9-28-17/h1-2,9-12,23H,3-8,13H2. The molecular weight excluding hydrogens is 429 g/mol. The minimum Gasteiger partial charge on any atom is -0.459 e. The number of amides is 2. The van der Waals surface area contributed by atoms with Crippen molar-refractivity contribution in [1.82, 2.24) is 15.1 Å². The van der Waals surface area contributed by atoms with Gasteiger partial charge in [0.25, 0.3) is 5.91 Å². The van der Waals surface area contributed by atoms with Crippen molar-refractivity contribution >= 4 is 27.7 Å². The van der Waals surface area contributed by atoms with Crippen LogP contribution in [0.2, 0.25) is 0 Å². The third-order valence-electron chi connectivity index (χ3n) is 5.39. The fourth-order valence-electron chi connectivity index (χ4n) is 3.59. The Morgan fingerprint density at radius 2 is 1.86 bits per heavy atom. The number of rotatable bonds is 5. The van der Waals surface area contributed by atoms with Crippen molar-refractivity contribution in [2.75, 3.05) is 32.7 Å². The summed E-state index contributed by atoms with van der Waals surface area (Å²) >= 11 is 3.33. The topological polar surface area (TPSA) is 65.8 Å². The van der Waals surface area contributed by atoms with Gasteiger partial charge in [0.1, 0.15) is 5.82 Å². The van der Waals surface area contributed by atoms with Gasteiger partial charge in [-0.2, -0.15) is 0 Å². The van der Waals surface area contributed by atoms with Crippen LogP contribution >= 0.6 is 15.9 Å². The summed E-state index contributed by atoms with van der Waals surface area (Å²) in [5.41, 5.74) is 0.540. The quantitative estimate of drug-likeness (QED) is 0.761. The second-order valence-electron chi connectivity index (χ2n) is 7.24. The first-order valence-corrected chi connectivity index (χ1v) is 10.1. The van der Waals surface area contributed by atoms with E-state index in [1.165, 1.54) is 18.4 Å². The molecule has 2 fully saturated rings. The first-order valence-electron chi connectivity index (χ1n) is 9.29. The summed E-state index contributed by atoms with van der Waals surface area (Å²) in [6, 6.07) is 8.17. The molecule has 148 valence electrons. The van der Waals surface area contributed by atoms with E-state index >= 15 is 0 Å². The summed E-state index contributed by atoms with van der Waals surface area (Å²) < 4.78 is 19.6. The number of hydrogen-bond acceptors (Lipinski definition) is 4. The molecule has 0 bridgehead atoms. The maximum atomic E-state index is 13.7. The predicted octanol–water partition coefficient (Wildman–Crippen LogP) is 2.74. The molecule has 1 saturated heterocycles. The molecule has 0 unspecified atom stereocenters. The van der Waals surface area contributed by atoms with Gasteiger partial charge in [0.2, 0.25) is 5.91 Å². The Morgan fingerprint density at radius 3 is 2.46 bits per heavy atom. The SMILES string of the molecule is O=C(CNC1(c2cc(F)cc(Br)c2)CC1)N1CCN(C(=O)c2ccco2)CC1. The van der Waals surface area contributed by atoms with Crippen LogP contribution in [0.1, 0.15) is 29.0 Å². The predicted molar refractivity (Wildman–Crippen MR) is 104 cm³/mol. The number of hydrogen-bond donors (Lipinski definition) is 1. The van der Waals surface area contributed by atoms with E-state index in [0.717, 1.165) is 18.4 Å². The molecule has 1 aromatic heterocycles. The molecule has 0 radical (unpaired) electrons. The molecule has 1 aromatic carbocycles. The second-order valence-corrected chi connectivity index (χ2v) is 8.16. The van der Waals surface area contributed by atoms with Gasteiger partial charge in [0.15, 0.2) is 5.76 Å². The van der Waals surface area contributed by atoms with Gasteiger partial charge >= 0.3 is 0 Å². The Labute approximate surface area is 170 Å². The third-order valence-corrected chi connectivity index (χ3v) is 5.85. The van der Waals surface area contributed by atoms with E-state index in [2.05, 4.69) is 21.2 Å². The van der Waals surface area contributed by atoms with E-state index in [1.807, 2.05) is 6.07 Å². The van der Waals surface area contributed by atoms with E-state index < -0.39 is 0 Å². The molecule has 1 aliphatic carbocycles. The van der Waals surface area contributed by atoms with Crippen molar-refractivity contribution in [3.63, 3.8) is 0 Å². The van der Waals surface area contributed by atoms with E-state index in [4.69, 9.17) is 4.42 Å². The Hall–Kier alpha value is -2.19. The molecule has 0 spiro atoms. The lowest BCUT2D eigenvalue weighted by Gasteiger charge is -2.34. The number of benzene rings is 1. The maximum Gasteiger partial charge on any atom is 0.289 e. The van der Waals surface area contributed by atoms with Crippen molar-refractivity contribution in [2.45, 2.75) is 18.4 Å². The molecule has 1 N–H and O–H groups in total. The summed E-state index contributed by atoms with van der Waals surface area (Å²) in [6.07, 6.45) is 3.23. The lowest BCUT2D eigenvalue weighted by atomic mass is 10.0. The van der Waals surface area contributed by atoms with Gasteiger partial charge in [-0.05, 0) is 48.7 Å². The van der Waals surface area contributed by atoms with Gasteiger partial charge in [-0.25, -0.2) is 4.39 Å². The molecule has 6 nitrogen and oxygen atoms in total. The molecule has 2 aliphatic rings. The zero-order chi connectivity index (χ0) is 19.7. The number of carbonyl (C=O) groups is 2. The smallest absolute Gasteiger partial charge is 0.289 e. The Balaban J connectivity index is 1.30. The van der Waals surface area contributed by atoms with Crippen LogP contribution in [-0.4, -0.2) is 54.3 Å². The van der Waals surface area contributed by atoms with E-state index in [9.17, 15) is 14.0 Å². The average molecular weight is 450 g/mol. The van der Waals surface area contributed by atoms with Gasteiger partial charge in [-0.1, -0.05) is 15.9 Å². The molecule has 28 heavy (non-hydrogen) atoms.